The van der Waals surface area contributed by atoms with Crippen molar-refractivity contribution in [1.82, 2.24) is 0 Å². The molecule has 78 valence electrons. The Bertz CT molecular complexity index is 492. The van der Waals surface area contributed by atoms with Crippen LogP contribution >= 0.6 is 12.4 Å². The first-order chi connectivity index (χ1) is 8.13. The van der Waals surface area contributed by atoms with E-state index in [1.807, 2.05) is 0 Å². The van der Waals surface area contributed by atoms with Crippen LogP contribution in [0.2, 0.25) is 0 Å². The van der Waals surface area contributed by atoms with Gasteiger partial charge in [0, 0.05) is 12.9 Å². The van der Waals surface area contributed by atoms with E-state index in [9.17, 15) is 0 Å². The highest BCUT2D eigenvalue weighted by Gasteiger charge is 2.15. The molecule has 0 aliphatic heterocycles. The molecule has 14 heavy (non-hydrogen) atoms. The molecular weight excluding hydrogens is 198 g/mol. The zero-order valence-electron chi connectivity index (χ0n) is 12.8. The van der Waals surface area contributed by atoms with Crippen LogP contribution in [0.1, 0.15) is 24.4 Å². The maximum absolute atomic E-state index is 7.97. The standard InChI is InChI=1S/C11H15NO.ClH/c1-13-11-5-3-8-6-10(12)4-2-9(8)7-11;/h3,5,7,10H,2,4,6,12H2,1H3;1H/i4D2,6D2,10D;. The first-order valence-corrected chi connectivity index (χ1v) is 4.10. The summed E-state index contributed by atoms with van der Waals surface area (Å²) in [5.74, 6) is 0.537. The van der Waals surface area contributed by atoms with Crippen LogP contribution in [-0.4, -0.2) is 13.1 Å². The largest absolute Gasteiger partial charge is 0.497 e. The number of halogens is 1. The lowest BCUT2D eigenvalue weighted by Crippen LogP contribution is -2.27. The predicted octanol–water partition coefficient (Wildman–Crippen LogP) is 1.93. The lowest BCUT2D eigenvalue weighted by molar-refractivity contribution is 0.413. The van der Waals surface area contributed by atoms with Gasteiger partial charge in [0.1, 0.15) is 5.75 Å². The lowest BCUT2D eigenvalue weighted by atomic mass is 9.89. The Morgan fingerprint density at radius 1 is 1.57 bits per heavy atom. The molecule has 0 spiro atoms. The Balaban J connectivity index is 0.00000180. The molecule has 0 radical (unpaired) electrons. The summed E-state index contributed by atoms with van der Waals surface area (Å²) in [4.78, 5) is 0. The summed E-state index contributed by atoms with van der Waals surface area (Å²) < 4.78 is 44.5. The van der Waals surface area contributed by atoms with E-state index in [-0.39, 0.29) is 24.4 Å². The zero-order valence-corrected chi connectivity index (χ0v) is 8.65. The van der Waals surface area contributed by atoms with Gasteiger partial charge >= 0.3 is 0 Å². The summed E-state index contributed by atoms with van der Waals surface area (Å²) in [7, 11) is 1.49. The molecule has 2 N–H and O–H groups in total. The average Bonchev–Trinajstić information content (AvgIpc) is 2.26. The van der Waals surface area contributed by atoms with Gasteiger partial charge in [-0.3, -0.25) is 0 Å². The van der Waals surface area contributed by atoms with Gasteiger partial charge in [-0.05, 0) is 42.4 Å². The van der Waals surface area contributed by atoms with Crippen LogP contribution in [0.5, 0.6) is 5.75 Å². The number of methoxy groups -OCH3 is 1. The Kier molecular flexibility index (Phi) is 2.00. The second kappa shape index (κ2) is 4.67. The maximum atomic E-state index is 7.97. The van der Waals surface area contributed by atoms with Gasteiger partial charge in [0.2, 0.25) is 0 Å². The van der Waals surface area contributed by atoms with Gasteiger partial charge in [-0.2, -0.15) is 0 Å². The van der Waals surface area contributed by atoms with Crippen LogP contribution in [0, 0.1) is 0 Å². The van der Waals surface area contributed by atoms with Crippen molar-refractivity contribution in [3.05, 3.63) is 29.3 Å². The highest BCUT2D eigenvalue weighted by atomic mass is 35.5. The van der Waals surface area contributed by atoms with Crippen molar-refractivity contribution in [3.8, 4) is 5.75 Å². The topological polar surface area (TPSA) is 35.2 Å². The van der Waals surface area contributed by atoms with Crippen molar-refractivity contribution in [3.63, 3.8) is 0 Å². The van der Waals surface area contributed by atoms with E-state index in [0.717, 1.165) is 0 Å². The average molecular weight is 219 g/mol. The molecule has 0 aromatic heterocycles. The SMILES string of the molecule is Cl.[2H]C1([2H])Cc2cc(OC)ccc2C([2H])([2H])C1([2H])N. The summed E-state index contributed by atoms with van der Waals surface area (Å²) in [5, 5.41) is 0. The molecule has 1 aliphatic carbocycles. The smallest absolute Gasteiger partial charge is 0.119 e. The van der Waals surface area contributed by atoms with Crippen molar-refractivity contribution in [1.29, 1.82) is 0 Å². The molecule has 1 unspecified atom stereocenters. The van der Waals surface area contributed by atoms with E-state index < -0.39 is 18.8 Å². The lowest BCUT2D eigenvalue weighted by Gasteiger charge is -2.21. The molecule has 0 amide bonds. The van der Waals surface area contributed by atoms with E-state index in [1.165, 1.54) is 13.2 Å². The minimum atomic E-state index is -2.32. The van der Waals surface area contributed by atoms with Gasteiger partial charge in [0.25, 0.3) is 0 Å². The third kappa shape index (κ3) is 2.20. The summed E-state index contributed by atoms with van der Waals surface area (Å²) in [6.45, 7) is 0. The highest BCUT2D eigenvalue weighted by Crippen LogP contribution is 2.24. The summed E-state index contributed by atoms with van der Waals surface area (Å²) >= 11 is 0. The molecule has 2 nitrogen and oxygen atoms in total. The predicted molar refractivity (Wildman–Crippen MR) is 60.2 cm³/mol. The normalized spacial score (nSPS) is 37.1. The number of fused-ring (bicyclic) bond motifs is 1. The quantitative estimate of drug-likeness (QED) is 0.782. The van der Waals surface area contributed by atoms with Crippen LogP contribution < -0.4 is 10.5 Å². The number of hydrogen-bond acceptors (Lipinski definition) is 2. The molecule has 3 heteroatoms. The van der Waals surface area contributed by atoms with Crippen LogP contribution in [0.4, 0.5) is 0 Å². The Labute approximate surface area is 97.9 Å². The van der Waals surface area contributed by atoms with Crippen molar-refractivity contribution in [2.75, 3.05) is 7.11 Å². The van der Waals surface area contributed by atoms with Gasteiger partial charge in [0.05, 0.1) is 7.11 Å². The third-order valence-corrected chi connectivity index (χ3v) is 2.05. The minimum Gasteiger partial charge on any atom is -0.497 e. The summed E-state index contributed by atoms with van der Waals surface area (Å²) in [5.41, 5.74) is 6.36. The van der Waals surface area contributed by atoms with E-state index in [1.54, 1.807) is 12.1 Å². The van der Waals surface area contributed by atoms with Crippen LogP contribution in [0.15, 0.2) is 18.2 Å². The molecule has 0 heterocycles. The number of benzene rings is 1. The molecule has 2 rings (SSSR count). The molecule has 0 bridgehead atoms. The molecule has 1 aromatic rings. The number of rotatable bonds is 1. The Morgan fingerprint density at radius 2 is 2.36 bits per heavy atom. The molecule has 0 saturated carbocycles. The monoisotopic (exact) mass is 218 g/mol. The summed E-state index contributed by atoms with van der Waals surface area (Å²) in [6.07, 6.45) is -4.49. The minimum absolute atomic E-state index is 0. The zero-order chi connectivity index (χ0) is 13.8. The second-order valence-corrected chi connectivity index (χ2v) is 2.92. The van der Waals surface area contributed by atoms with E-state index in [0.29, 0.717) is 11.3 Å². The first kappa shape index (κ1) is 5.99. The molecule has 1 aliphatic rings. The molecule has 0 fully saturated rings. The second-order valence-electron chi connectivity index (χ2n) is 2.92. The van der Waals surface area contributed by atoms with Gasteiger partial charge in [-0.15, -0.1) is 12.4 Å². The van der Waals surface area contributed by atoms with Crippen molar-refractivity contribution in [2.24, 2.45) is 5.73 Å². The van der Waals surface area contributed by atoms with Gasteiger partial charge in [0.15, 0.2) is 0 Å². The van der Waals surface area contributed by atoms with E-state index in [2.05, 4.69) is 0 Å². The van der Waals surface area contributed by atoms with Crippen molar-refractivity contribution >= 4 is 12.4 Å². The van der Waals surface area contributed by atoms with Gasteiger partial charge in [-0.1, -0.05) is 6.07 Å². The molecule has 0 saturated heterocycles. The fourth-order valence-corrected chi connectivity index (χ4v) is 1.34. The van der Waals surface area contributed by atoms with E-state index >= 15 is 0 Å². The Morgan fingerprint density at radius 3 is 3.07 bits per heavy atom. The molecule has 1 atom stereocenters. The third-order valence-electron chi connectivity index (χ3n) is 2.05. The molecule has 1 aromatic carbocycles. The number of ether oxygens (including phenoxy) is 1. The first-order valence-electron chi connectivity index (χ1n) is 6.60. The fourth-order valence-electron chi connectivity index (χ4n) is 1.34. The number of aryl methyl sites for hydroxylation is 1. The van der Waals surface area contributed by atoms with Gasteiger partial charge in [-0.25, -0.2) is 0 Å². The van der Waals surface area contributed by atoms with E-state index in [4.69, 9.17) is 17.3 Å². The summed E-state index contributed by atoms with van der Waals surface area (Å²) in [6, 6.07) is 2.38. The van der Waals surface area contributed by atoms with Crippen molar-refractivity contribution in [2.45, 2.75) is 25.2 Å². The highest BCUT2D eigenvalue weighted by molar-refractivity contribution is 5.85. The number of nitrogens with two attached hydrogens (primary N) is 1. The molecular formula is C11H16ClNO. The maximum Gasteiger partial charge on any atom is 0.119 e. The van der Waals surface area contributed by atoms with Crippen molar-refractivity contribution < 1.29 is 11.6 Å². The Hall–Kier alpha value is -0.730. The van der Waals surface area contributed by atoms with Crippen LogP contribution in [0.25, 0.3) is 0 Å². The van der Waals surface area contributed by atoms with Crippen LogP contribution in [-0.2, 0) is 12.8 Å². The van der Waals surface area contributed by atoms with Gasteiger partial charge < -0.3 is 10.5 Å². The van der Waals surface area contributed by atoms with Crippen LogP contribution in [0.3, 0.4) is 0 Å². The number of hydrogen-bond donors (Lipinski definition) is 1. The fraction of sp³-hybridized carbons (Fsp3) is 0.455.